The first-order chi connectivity index (χ1) is 9.63. The van der Waals surface area contributed by atoms with Crippen molar-refractivity contribution in [2.24, 2.45) is 0 Å². The highest BCUT2D eigenvalue weighted by atomic mass is 16.5. The maximum atomic E-state index is 12.3. The molecule has 0 spiro atoms. The van der Waals surface area contributed by atoms with Gasteiger partial charge >= 0.3 is 0 Å². The van der Waals surface area contributed by atoms with Gasteiger partial charge < -0.3 is 15.8 Å². The molecule has 1 amide bonds. The molecule has 0 aliphatic rings. The number of rotatable bonds is 4. The molecule has 0 heterocycles. The van der Waals surface area contributed by atoms with Crippen LogP contribution in [0.15, 0.2) is 42.5 Å². The van der Waals surface area contributed by atoms with Crippen molar-refractivity contribution in [1.82, 2.24) is 0 Å². The van der Waals surface area contributed by atoms with E-state index in [-0.39, 0.29) is 5.91 Å². The van der Waals surface area contributed by atoms with E-state index >= 15 is 0 Å². The highest BCUT2D eigenvalue weighted by Crippen LogP contribution is 2.21. The number of methoxy groups -OCH3 is 1. The Morgan fingerprint density at radius 1 is 1.25 bits per heavy atom. The largest absolute Gasteiger partial charge is 0.497 e. The minimum atomic E-state index is -0.198. The van der Waals surface area contributed by atoms with E-state index in [1.807, 2.05) is 24.3 Å². The molecule has 2 aromatic carbocycles. The van der Waals surface area contributed by atoms with Gasteiger partial charge in [-0.2, -0.15) is 0 Å². The maximum absolute atomic E-state index is 12.3. The molecule has 104 valence electrons. The van der Waals surface area contributed by atoms with Crippen LogP contribution in [0.1, 0.15) is 22.8 Å². The highest BCUT2D eigenvalue weighted by Gasteiger charge is 2.10. The van der Waals surface area contributed by atoms with Crippen LogP contribution in [-0.4, -0.2) is 13.0 Å². The lowest BCUT2D eigenvalue weighted by Gasteiger charge is -2.11. The van der Waals surface area contributed by atoms with E-state index < -0.39 is 0 Å². The summed E-state index contributed by atoms with van der Waals surface area (Å²) in [5.74, 6) is 0.371. The number of ether oxygens (including phenoxy) is 1. The quantitative estimate of drug-likeness (QED) is 0.839. The second kappa shape index (κ2) is 6.10. The van der Waals surface area contributed by atoms with E-state index in [1.54, 1.807) is 25.3 Å². The molecule has 0 fully saturated rings. The number of anilines is 2. The zero-order valence-electron chi connectivity index (χ0n) is 11.6. The van der Waals surface area contributed by atoms with E-state index in [0.717, 1.165) is 17.7 Å². The number of benzene rings is 2. The number of hydrogen-bond acceptors (Lipinski definition) is 3. The van der Waals surface area contributed by atoms with Crippen LogP contribution in [0, 0.1) is 0 Å². The first kappa shape index (κ1) is 13.9. The molecule has 2 aromatic rings. The number of carbonyl (C=O) groups is 1. The molecule has 4 nitrogen and oxygen atoms in total. The molecule has 0 aliphatic carbocycles. The molecule has 0 saturated carbocycles. The van der Waals surface area contributed by atoms with E-state index in [4.69, 9.17) is 10.5 Å². The molecule has 0 bridgehead atoms. The Labute approximate surface area is 118 Å². The Morgan fingerprint density at radius 2 is 2.00 bits per heavy atom. The van der Waals surface area contributed by atoms with Crippen LogP contribution in [0.4, 0.5) is 11.4 Å². The molecule has 3 N–H and O–H groups in total. The molecule has 0 saturated heterocycles. The summed E-state index contributed by atoms with van der Waals surface area (Å²) >= 11 is 0. The summed E-state index contributed by atoms with van der Waals surface area (Å²) in [6, 6.07) is 12.7. The van der Waals surface area contributed by atoms with Gasteiger partial charge in [-0.15, -0.1) is 0 Å². The Bertz CT molecular complexity index is 624. The first-order valence-electron chi connectivity index (χ1n) is 6.48. The number of carbonyl (C=O) groups excluding carboxylic acids is 1. The molecule has 2 rings (SSSR count). The van der Waals surface area contributed by atoms with Crippen molar-refractivity contribution in [3.05, 3.63) is 53.6 Å². The van der Waals surface area contributed by atoms with Crippen LogP contribution in [0.2, 0.25) is 0 Å². The SMILES string of the molecule is CCc1ccccc1NC(=O)c1cc(N)cc(OC)c1. The lowest BCUT2D eigenvalue weighted by Crippen LogP contribution is -2.13. The van der Waals surface area contributed by atoms with Gasteiger partial charge in [-0.25, -0.2) is 0 Å². The summed E-state index contributed by atoms with van der Waals surface area (Å²) < 4.78 is 5.12. The fourth-order valence-corrected chi connectivity index (χ4v) is 2.02. The van der Waals surface area contributed by atoms with Gasteiger partial charge in [0.25, 0.3) is 5.91 Å². The predicted octanol–water partition coefficient (Wildman–Crippen LogP) is 3.09. The third kappa shape index (κ3) is 3.09. The summed E-state index contributed by atoms with van der Waals surface area (Å²) in [5, 5.41) is 2.91. The summed E-state index contributed by atoms with van der Waals surface area (Å²) in [5.41, 5.74) is 8.65. The van der Waals surface area contributed by atoms with Crippen molar-refractivity contribution >= 4 is 17.3 Å². The second-order valence-corrected chi connectivity index (χ2v) is 4.46. The molecule has 0 atom stereocenters. The third-order valence-electron chi connectivity index (χ3n) is 3.07. The Balaban J connectivity index is 2.26. The Kier molecular flexibility index (Phi) is 4.25. The molecular weight excluding hydrogens is 252 g/mol. The van der Waals surface area contributed by atoms with E-state index in [2.05, 4.69) is 12.2 Å². The molecule has 0 radical (unpaired) electrons. The average Bonchev–Trinajstić information content (AvgIpc) is 2.47. The smallest absolute Gasteiger partial charge is 0.255 e. The van der Waals surface area contributed by atoms with Gasteiger partial charge in [-0.3, -0.25) is 4.79 Å². The fraction of sp³-hybridized carbons (Fsp3) is 0.188. The molecule has 0 aliphatic heterocycles. The number of hydrogen-bond donors (Lipinski definition) is 2. The molecule has 20 heavy (non-hydrogen) atoms. The lowest BCUT2D eigenvalue weighted by molar-refractivity contribution is 0.102. The van der Waals surface area contributed by atoms with Gasteiger partial charge in [0, 0.05) is 23.0 Å². The molecule has 0 aromatic heterocycles. The average molecular weight is 270 g/mol. The van der Waals surface area contributed by atoms with Gasteiger partial charge in [0.05, 0.1) is 7.11 Å². The van der Waals surface area contributed by atoms with Crippen LogP contribution >= 0.6 is 0 Å². The monoisotopic (exact) mass is 270 g/mol. The number of para-hydroxylation sites is 1. The molecule has 0 unspecified atom stereocenters. The van der Waals surface area contributed by atoms with Crippen molar-refractivity contribution in [2.45, 2.75) is 13.3 Å². The number of nitrogens with one attached hydrogen (secondary N) is 1. The molecular formula is C16H18N2O2. The highest BCUT2D eigenvalue weighted by molar-refractivity contribution is 6.05. The van der Waals surface area contributed by atoms with Crippen LogP contribution in [-0.2, 0) is 6.42 Å². The van der Waals surface area contributed by atoms with E-state index in [1.165, 1.54) is 0 Å². The van der Waals surface area contributed by atoms with Crippen molar-refractivity contribution in [2.75, 3.05) is 18.2 Å². The van der Waals surface area contributed by atoms with E-state index in [0.29, 0.717) is 17.0 Å². The van der Waals surface area contributed by atoms with Gasteiger partial charge in [-0.05, 0) is 30.2 Å². The maximum Gasteiger partial charge on any atom is 0.255 e. The summed E-state index contributed by atoms with van der Waals surface area (Å²) in [4.78, 5) is 12.3. The summed E-state index contributed by atoms with van der Waals surface area (Å²) in [6.45, 7) is 2.05. The normalized spacial score (nSPS) is 10.1. The summed E-state index contributed by atoms with van der Waals surface area (Å²) in [7, 11) is 1.54. The topological polar surface area (TPSA) is 64.4 Å². The number of aryl methyl sites for hydroxylation is 1. The first-order valence-corrected chi connectivity index (χ1v) is 6.48. The second-order valence-electron chi connectivity index (χ2n) is 4.46. The van der Waals surface area contributed by atoms with Gasteiger partial charge in [0.15, 0.2) is 0 Å². The zero-order valence-corrected chi connectivity index (χ0v) is 11.6. The van der Waals surface area contributed by atoms with Crippen LogP contribution < -0.4 is 15.8 Å². The van der Waals surface area contributed by atoms with Crippen LogP contribution in [0.5, 0.6) is 5.75 Å². The summed E-state index contributed by atoms with van der Waals surface area (Å²) in [6.07, 6.45) is 0.858. The third-order valence-corrected chi connectivity index (χ3v) is 3.07. The van der Waals surface area contributed by atoms with E-state index in [9.17, 15) is 4.79 Å². The standard InChI is InChI=1S/C16H18N2O2/c1-3-11-6-4-5-7-15(11)18-16(19)12-8-13(17)10-14(9-12)20-2/h4-10H,3,17H2,1-2H3,(H,18,19). The Hall–Kier alpha value is -2.49. The van der Waals surface area contributed by atoms with Gasteiger partial charge in [-0.1, -0.05) is 25.1 Å². The van der Waals surface area contributed by atoms with Gasteiger partial charge in [0.2, 0.25) is 0 Å². The van der Waals surface area contributed by atoms with Crippen LogP contribution in [0.25, 0.3) is 0 Å². The van der Waals surface area contributed by atoms with Crippen molar-refractivity contribution in [1.29, 1.82) is 0 Å². The Morgan fingerprint density at radius 3 is 2.70 bits per heavy atom. The van der Waals surface area contributed by atoms with Crippen LogP contribution in [0.3, 0.4) is 0 Å². The predicted molar refractivity (Wildman–Crippen MR) is 81.2 cm³/mol. The number of nitrogen functional groups attached to an aromatic ring is 1. The van der Waals surface area contributed by atoms with Gasteiger partial charge in [0.1, 0.15) is 5.75 Å². The fourth-order valence-electron chi connectivity index (χ4n) is 2.02. The van der Waals surface area contributed by atoms with Crippen molar-refractivity contribution in [3.8, 4) is 5.75 Å². The zero-order chi connectivity index (χ0) is 14.5. The minimum absolute atomic E-state index is 0.198. The molecule has 4 heteroatoms. The number of amides is 1. The number of nitrogens with two attached hydrogens (primary N) is 1. The van der Waals surface area contributed by atoms with Crippen molar-refractivity contribution in [3.63, 3.8) is 0 Å². The van der Waals surface area contributed by atoms with Crippen molar-refractivity contribution < 1.29 is 9.53 Å². The minimum Gasteiger partial charge on any atom is -0.497 e. The lowest BCUT2D eigenvalue weighted by atomic mass is 10.1.